The molecule has 2 rings (SSSR count). The minimum atomic E-state index is -0.236. The summed E-state index contributed by atoms with van der Waals surface area (Å²) >= 11 is 6.13. The average Bonchev–Trinajstić information content (AvgIpc) is 2.74. The lowest BCUT2D eigenvalue weighted by atomic mass is 10.1. The van der Waals surface area contributed by atoms with Crippen LogP contribution < -0.4 is 10.1 Å². The highest BCUT2D eigenvalue weighted by atomic mass is 35.5. The molecular weight excluding hydrogens is 302 g/mol. The van der Waals surface area contributed by atoms with Gasteiger partial charge >= 0.3 is 0 Å². The van der Waals surface area contributed by atoms with E-state index in [1.807, 2.05) is 39.0 Å². The summed E-state index contributed by atoms with van der Waals surface area (Å²) in [7, 11) is 1.59. The Hall–Kier alpha value is -2.01. The summed E-state index contributed by atoms with van der Waals surface area (Å²) in [5.74, 6) is 0.396. The van der Waals surface area contributed by atoms with Gasteiger partial charge in [0.15, 0.2) is 0 Å². The number of carbonyl (C=O) groups is 1. The maximum absolute atomic E-state index is 12.3. The third-order valence-corrected chi connectivity index (χ3v) is 4.07. The summed E-state index contributed by atoms with van der Waals surface area (Å²) < 4.78 is 6.92. The zero-order chi connectivity index (χ0) is 16.3. The summed E-state index contributed by atoms with van der Waals surface area (Å²) in [6.45, 7) is 6.09. The van der Waals surface area contributed by atoms with Crippen LogP contribution in [0, 0.1) is 19.8 Å². The second kappa shape index (κ2) is 6.83. The first-order chi connectivity index (χ1) is 10.4. The summed E-state index contributed by atoms with van der Waals surface area (Å²) in [4.78, 5) is 12.3. The molecule has 0 spiro atoms. The second-order valence-electron chi connectivity index (χ2n) is 5.29. The van der Waals surface area contributed by atoms with Crippen LogP contribution in [-0.2, 0) is 11.3 Å². The van der Waals surface area contributed by atoms with Crippen molar-refractivity contribution < 1.29 is 9.53 Å². The molecule has 0 fully saturated rings. The van der Waals surface area contributed by atoms with Crippen LogP contribution >= 0.6 is 11.6 Å². The first-order valence-electron chi connectivity index (χ1n) is 7.06. The molecule has 0 aliphatic heterocycles. The normalized spacial score (nSPS) is 12.0. The number of aryl methyl sites for hydroxylation is 1. The molecule has 1 aromatic heterocycles. The van der Waals surface area contributed by atoms with Crippen LogP contribution in [0.15, 0.2) is 24.3 Å². The van der Waals surface area contributed by atoms with E-state index in [0.717, 1.165) is 11.4 Å². The summed E-state index contributed by atoms with van der Waals surface area (Å²) in [6, 6.07) is 7.27. The number of rotatable bonds is 5. The van der Waals surface area contributed by atoms with Gasteiger partial charge in [-0.05, 0) is 26.0 Å². The number of hydrogen-bond acceptors (Lipinski definition) is 3. The molecule has 5 nitrogen and oxygen atoms in total. The van der Waals surface area contributed by atoms with Crippen molar-refractivity contribution in [2.24, 2.45) is 5.92 Å². The van der Waals surface area contributed by atoms with Gasteiger partial charge < -0.3 is 10.1 Å². The minimum absolute atomic E-state index is 0.0723. The van der Waals surface area contributed by atoms with Crippen molar-refractivity contribution in [1.29, 1.82) is 0 Å². The molecule has 22 heavy (non-hydrogen) atoms. The number of nitrogens with one attached hydrogen (secondary N) is 1. The number of amides is 1. The topological polar surface area (TPSA) is 56.1 Å². The average molecular weight is 322 g/mol. The fourth-order valence-corrected chi connectivity index (χ4v) is 2.30. The molecular formula is C16H20ClN3O2. The molecule has 1 unspecified atom stereocenters. The quantitative estimate of drug-likeness (QED) is 0.917. The first kappa shape index (κ1) is 16.4. The largest absolute Gasteiger partial charge is 0.497 e. The van der Waals surface area contributed by atoms with Gasteiger partial charge in [0.2, 0.25) is 5.91 Å². The van der Waals surface area contributed by atoms with Crippen molar-refractivity contribution >= 4 is 23.2 Å². The number of benzene rings is 1. The van der Waals surface area contributed by atoms with Gasteiger partial charge in [-0.25, -0.2) is 0 Å². The van der Waals surface area contributed by atoms with Crippen LogP contribution in [-0.4, -0.2) is 22.8 Å². The Kier molecular flexibility index (Phi) is 5.08. The Bertz CT molecular complexity index is 682. The van der Waals surface area contributed by atoms with Gasteiger partial charge in [-0.15, -0.1) is 0 Å². The lowest BCUT2D eigenvalue weighted by molar-refractivity contribution is -0.119. The summed E-state index contributed by atoms with van der Waals surface area (Å²) in [5, 5.41) is 7.89. The number of carbonyl (C=O) groups excluding carboxylic acids is 1. The van der Waals surface area contributed by atoms with Gasteiger partial charge in [-0.3, -0.25) is 9.48 Å². The number of ether oxygens (including phenoxy) is 1. The maximum atomic E-state index is 12.3. The van der Waals surface area contributed by atoms with Crippen LogP contribution in [0.5, 0.6) is 5.75 Å². The maximum Gasteiger partial charge on any atom is 0.229 e. The zero-order valence-corrected chi connectivity index (χ0v) is 13.9. The highest BCUT2D eigenvalue weighted by Crippen LogP contribution is 2.21. The zero-order valence-electron chi connectivity index (χ0n) is 13.2. The van der Waals surface area contributed by atoms with Crippen molar-refractivity contribution in [1.82, 2.24) is 9.78 Å². The molecule has 1 aromatic carbocycles. The van der Waals surface area contributed by atoms with E-state index in [1.165, 1.54) is 0 Å². The summed E-state index contributed by atoms with van der Waals surface area (Å²) in [5.41, 5.74) is 2.36. The van der Waals surface area contributed by atoms with E-state index in [0.29, 0.717) is 23.0 Å². The van der Waals surface area contributed by atoms with Crippen LogP contribution in [0.25, 0.3) is 0 Å². The molecule has 0 saturated carbocycles. The standard InChI is InChI=1S/C16H20ClN3O2/c1-10(9-20-12(3)15(17)11(2)19-20)16(21)18-13-6-5-7-14(8-13)22-4/h5-8,10H,9H2,1-4H3,(H,18,21). The predicted octanol–water partition coefficient (Wildman–Crippen LogP) is 3.44. The molecule has 0 aliphatic rings. The molecule has 2 aromatic rings. The van der Waals surface area contributed by atoms with Crippen molar-refractivity contribution in [3.8, 4) is 5.75 Å². The molecule has 1 heterocycles. The van der Waals surface area contributed by atoms with Gasteiger partial charge in [-0.2, -0.15) is 5.10 Å². The van der Waals surface area contributed by atoms with Gasteiger partial charge in [0, 0.05) is 11.8 Å². The number of nitrogens with zero attached hydrogens (tertiary/aromatic N) is 2. The van der Waals surface area contributed by atoms with Crippen LogP contribution in [0.1, 0.15) is 18.3 Å². The number of hydrogen-bond donors (Lipinski definition) is 1. The Balaban J connectivity index is 2.04. The van der Waals surface area contributed by atoms with Gasteiger partial charge in [-0.1, -0.05) is 24.6 Å². The van der Waals surface area contributed by atoms with Crippen LogP contribution in [0.4, 0.5) is 5.69 Å². The smallest absolute Gasteiger partial charge is 0.229 e. The molecule has 1 N–H and O–H groups in total. The third kappa shape index (κ3) is 3.60. The molecule has 1 amide bonds. The Morgan fingerprint density at radius 1 is 1.45 bits per heavy atom. The highest BCUT2D eigenvalue weighted by Gasteiger charge is 2.17. The lowest BCUT2D eigenvalue weighted by Gasteiger charge is -2.14. The van der Waals surface area contributed by atoms with Crippen molar-refractivity contribution in [2.45, 2.75) is 27.3 Å². The Labute approximate surface area is 135 Å². The van der Waals surface area contributed by atoms with E-state index >= 15 is 0 Å². The van der Waals surface area contributed by atoms with Gasteiger partial charge in [0.05, 0.1) is 36.0 Å². The monoisotopic (exact) mass is 321 g/mol. The predicted molar refractivity (Wildman–Crippen MR) is 87.5 cm³/mol. The van der Waals surface area contributed by atoms with Crippen LogP contribution in [0.3, 0.4) is 0 Å². The number of halogens is 1. The van der Waals surface area contributed by atoms with E-state index in [1.54, 1.807) is 17.9 Å². The second-order valence-corrected chi connectivity index (χ2v) is 5.67. The first-order valence-corrected chi connectivity index (χ1v) is 7.44. The molecule has 0 saturated heterocycles. The fraction of sp³-hybridized carbons (Fsp3) is 0.375. The van der Waals surface area contributed by atoms with E-state index in [-0.39, 0.29) is 11.8 Å². The van der Waals surface area contributed by atoms with Gasteiger partial charge in [0.1, 0.15) is 5.75 Å². The third-order valence-electron chi connectivity index (χ3n) is 3.52. The van der Waals surface area contributed by atoms with E-state index in [2.05, 4.69) is 10.4 Å². The van der Waals surface area contributed by atoms with Gasteiger partial charge in [0.25, 0.3) is 0 Å². The van der Waals surface area contributed by atoms with Crippen molar-refractivity contribution in [2.75, 3.05) is 12.4 Å². The number of anilines is 1. The fourth-order valence-electron chi connectivity index (χ4n) is 2.16. The molecule has 0 radical (unpaired) electrons. The molecule has 1 atom stereocenters. The lowest BCUT2D eigenvalue weighted by Crippen LogP contribution is -2.25. The van der Waals surface area contributed by atoms with E-state index in [4.69, 9.17) is 16.3 Å². The Morgan fingerprint density at radius 3 is 2.77 bits per heavy atom. The van der Waals surface area contributed by atoms with Crippen molar-refractivity contribution in [3.05, 3.63) is 40.7 Å². The van der Waals surface area contributed by atoms with Crippen molar-refractivity contribution in [3.63, 3.8) is 0 Å². The number of aromatic nitrogens is 2. The molecule has 0 aliphatic carbocycles. The molecule has 6 heteroatoms. The SMILES string of the molecule is COc1cccc(NC(=O)C(C)Cn2nc(C)c(Cl)c2C)c1. The molecule has 0 bridgehead atoms. The minimum Gasteiger partial charge on any atom is -0.497 e. The Morgan fingerprint density at radius 2 is 2.18 bits per heavy atom. The van der Waals surface area contributed by atoms with E-state index in [9.17, 15) is 4.79 Å². The van der Waals surface area contributed by atoms with E-state index < -0.39 is 0 Å². The highest BCUT2D eigenvalue weighted by molar-refractivity contribution is 6.31. The summed E-state index contributed by atoms with van der Waals surface area (Å²) in [6.07, 6.45) is 0. The molecule has 118 valence electrons. The number of methoxy groups -OCH3 is 1. The van der Waals surface area contributed by atoms with Crippen LogP contribution in [0.2, 0.25) is 5.02 Å².